The Morgan fingerprint density at radius 1 is 1.22 bits per heavy atom. The van der Waals surface area contributed by atoms with E-state index in [4.69, 9.17) is 4.74 Å². The third kappa shape index (κ3) is 2.48. The molecule has 0 aliphatic carbocycles. The average molecular weight is 243 g/mol. The summed E-state index contributed by atoms with van der Waals surface area (Å²) in [6, 6.07) is 11.4. The monoisotopic (exact) mass is 243 g/mol. The van der Waals surface area contributed by atoms with E-state index in [9.17, 15) is 10.1 Å². The number of allylic oxidation sites excluding steroid dienone is 1. The minimum Gasteiger partial charge on any atom is -0.497 e. The summed E-state index contributed by atoms with van der Waals surface area (Å²) in [6.07, 6.45) is 1.56. The number of hydrogen-bond donors (Lipinski definition) is 0. The molecule has 0 aromatic heterocycles. The topological polar surface area (TPSA) is 52.4 Å². The van der Waals surface area contributed by atoms with Crippen LogP contribution in [0.5, 0.6) is 5.75 Å². The van der Waals surface area contributed by atoms with E-state index < -0.39 is 4.92 Å². The van der Waals surface area contributed by atoms with Gasteiger partial charge in [-0.2, -0.15) is 0 Å². The van der Waals surface area contributed by atoms with E-state index in [1.807, 2.05) is 36.4 Å². The highest BCUT2D eigenvalue weighted by Crippen LogP contribution is 2.22. The van der Waals surface area contributed by atoms with Crippen LogP contribution in [0.3, 0.4) is 0 Å². The molecule has 0 saturated heterocycles. The maximum absolute atomic E-state index is 10.6. The molecule has 4 heteroatoms. The summed E-state index contributed by atoms with van der Waals surface area (Å²) < 4.78 is 5.15. The minimum absolute atomic E-state index is 0.128. The van der Waals surface area contributed by atoms with Crippen LogP contribution in [-0.2, 0) is 0 Å². The fraction of sp³-hybridized carbons (Fsp3) is 0.143. The quantitative estimate of drug-likeness (QED) is 0.612. The van der Waals surface area contributed by atoms with Crippen LogP contribution in [0.25, 0.3) is 16.8 Å². The van der Waals surface area contributed by atoms with E-state index in [1.54, 1.807) is 13.2 Å². The van der Waals surface area contributed by atoms with E-state index in [-0.39, 0.29) is 5.70 Å². The average Bonchev–Trinajstić information content (AvgIpc) is 2.37. The van der Waals surface area contributed by atoms with Crippen molar-refractivity contribution >= 4 is 16.8 Å². The number of rotatable bonds is 3. The number of ether oxygens (including phenoxy) is 1. The van der Waals surface area contributed by atoms with Crippen LogP contribution in [0.4, 0.5) is 0 Å². The van der Waals surface area contributed by atoms with Crippen molar-refractivity contribution in [2.75, 3.05) is 7.11 Å². The summed E-state index contributed by atoms with van der Waals surface area (Å²) in [4.78, 5) is 10.2. The molecule has 0 fully saturated rings. The van der Waals surface area contributed by atoms with Gasteiger partial charge in [0.1, 0.15) is 5.75 Å². The molecule has 0 bridgehead atoms. The highest BCUT2D eigenvalue weighted by molar-refractivity contribution is 5.86. The molecule has 0 unspecified atom stereocenters. The first-order valence-electron chi connectivity index (χ1n) is 5.50. The molecule has 0 spiro atoms. The van der Waals surface area contributed by atoms with Crippen LogP contribution in [-0.4, -0.2) is 12.0 Å². The number of fused-ring (bicyclic) bond motifs is 1. The number of benzene rings is 2. The van der Waals surface area contributed by atoms with Gasteiger partial charge in [0, 0.05) is 13.0 Å². The van der Waals surface area contributed by atoms with Gasteiger partial charge in [0.2, 0.25) is 5.70 Å². The van der Waals surface area contributed by atoms with Gasteiger partial charge in [-0.1, -0.05) is 18.2 Å². The van der Waals surface area contributed by atoms with Crippen molar-refractivity contribution < 1.29 is 9.66 Å². The van der Waals surface area contributed by atoms with Crippen LogP contribution in [0.1, 0.15) is 12.5 Å². The molecular formula is C14H13NO3. The highest BCUT2D eigenvalue weighted by atomic mass is 16.6. The van der Waals surface area contributed by atoms with Gasteiger partial charge in [0.25, 0.3) is 0 Å². The normalized spacial score (nSPS) is 11.6. The molecule has 2 rings (SSSR count). The van der Waals surface area contributed by atoms with Gasteiger partial charge < -0.3 is 4.74 Å². The van der Waals surface area contributed by atoms with Crippen molar-refractivity contribution in [1.29, 1.82) is 0 Å². The predicted molar refractivity (Wildman–Crippen MR) is 71.1 cm³/mol. The van der Waals surface area contributed by atoms with Crippen LogP contribution in [0, 0.1) is 10.1 Å². The number of hydrogen-bond acceptors (Lipinski definition) is 3. The van der Waals surface area contributed by atoms with Crippen molar-refractivity contribution in [1.82, 2.24) is 0 Å². The van der Waals surface area contributed by atoms with Crippen molar-refractivity contribution in [3.8, 4) is 5.75 Å². The Morgan fingerprint density at radius 3 is 2.56 bits per heavy atom. The van der Waals surface area contributed by atoms with Crippen LogP contribution < -0.4 is 4.74 Å². The van der Waals surface area contributed by atoms with Crippen LogP contribution >= 0.6 is 0 Å². The molecule has 0 radical (unpaired) electrons. The van der Waals surface area contributed by atoms with E-state index in [2.05, 4.69) is 0 Å². The zero-order valence-electron chi connectivity index (χ0n) is 10.2. The number of methoxy groups -OCH3 is 1. The molecule has 0 amide bonds. The van der Waals surface area contributed by atoms with Gasteiger partial charge >= 0.3 is 0 Å². The predicted octanol–water partition coefficient (Wildman–Crippen LogP) is 3.49. The van der Waals surface area contributed by atoms with Gasteiger partial charge in [-0.25, -0.2) is 0 Å². The second-order valence-corrected chi connectivity index (χ2v) is 4.02. The smallest absolute Gasteiger partial charge is 0.243 e. The molecule has 92 valence electrons. The molecule has 0 N–H and O–H groups in total. The standard InChI is InChI=1S/C14H13NO3/c1-10(15(16)17)7-11-3-4-13-9-14(18-2)6-5-12(13)8-11/h3-9H,1-2H3/b10-7-. The second-order valence-electron chi connectivity index (χ2n) is 4.02. The lowest BCUT2D eigenvalue weighted by molar-refractivity contribution is -0.422. The van der Waals surface area contributed by atoms with Crippen LogP contribution in [0.15, 0.2) is 42.1 Å². The fourth-order valence-corrected chi connectivity index (χ4v) is 1.75. The van der Waals surface area contributed by atoms with Gasteiger partial charge in [0.15, 0.2) is 0 Å². The Hall–Kier alpha value is -2.36. The summed E-state index contributed by atoms with van der Waals surface area (Å²) in [5.41, 5.74) is 0.949. The lowest BCUT2D eigenvalue weighted by Crippen LogP contribution is -1.92. The van der Waals surface area contributed by atoms with Gasteiger partial charge in [-0.15, -0.1) is 0 Å². The first-order valence-corrected chi connectivity index (χ1v) is 5.50. The van der Waals surface area contributed by atoms with E-state index in [1.165, 1.54) is 6.92 Å². The van der Waals surface area contributed by atoms with Gasteiger partial charge in [0.05, 0.1) is 12.0 Å². The van der Waals surface area contributed by atoms with Crippen LogP contribution in [0.2, 0.25) is 0 Å². The zero-order chi connectivity index (χ0) is 13.1. The Balaban J connectivity index is 2.45. The third-order valence-electron chi connectivity index (χ3n) is 2.74. The van der Waals surface area contributed by atoms with Crippen molar-refractivity contribution in [3.05, 3.63) is 57.8 Å². The molecule has 0 atom stereocenters. The van der Waals surface area contributed by atoms with E-state index in [0.717, 1.165) is 22.1 Å². The van der Waals surface area contributed by atoms with Crippen molar-refractivity contribution in [2.45, 2.75) is 6.92 Å². The molecule has 0 aliphatic rings. The summed E-state index contributed by atoms with van der Waals surface area (Å²) in [5, 5.41) is 12.6. The molecule has 2 aromatic rings. The summed E-state index contributed by atoms with van der Waals surface area (Å²) in [5.74, 6) is 0.798. The summed E-state index contributed by atoms with van der Waals surface area (Å²) in [6.45, 7) is 1.48. The van der Waals surface area contributed by atoms with E-state index >= 15 is 0 Å². The second kappa shape index (κ2) is 4.87. The van der Waals surface area contributed by atoms with Gasteiger partial charge in [-0.3, -0.25) is 10.1 Å². The fourth-order valence-electron chi connectivity index (χ4n) is 1.75. The first-order chi connectivity index (χ1) is 8.60. The molecule has 0 heterocycles. The highest BCUT2D eigenvalue weighted by Gasteiger charge is 2.03. The van der Waals surface area contributed by atoms with Crippen molar-refractivity contribution in [3.63, 3.8) is 0 Å². The maximum atomic E-state index is 10.6. The Labute approximate surface area is 105 Å². The molecule has 4 nitrogen and oxygen atoms in total. The molecule has 0 aliphatic heterocycles. The van der Waals surface area contributed by atoms with Gasteiger partial charge in [-0.05, 0) is 34.5 Å². The SMILES string of the molecule is COc1ccc2cc(/C=C(/C)[N+](=O)[O-])ccc2c1. The lowest BCUT2D eigenvalue weighted by Gasteiger charge is -2.03. The summed E-state index contributed by atoms with van der Waals surface area (Å²) >= 11 is 0. The minimum atomic E-state index is -0.391. The Morgan fingerprint density at radius 2 is 1.89 bits per heavy atom. The Bertz CT molecular complexity index is 632. The molecule has 18 heavy (non-hydrogen) atoms. The lowest BCUT2D eigenvalue weighted by atomic mass is 10.1. The molecule has 2 aromatic carbocycles. The number of nitro groups is 1. The third-order valence-corrected chi connectivity index (χ3v) is 2.74. The zero-order valence-corrected chi connectivity index (χ0v) is 10.2. The first kappa shape index (κ1) is 12.1. The Kier molecular flexibility index (Phi) is 3.28. The molecular weight excluding hydrogens is 230 g/mol. The summed E-state index contributed by atoms with van der Waals surface area (Å²) in [7, 11) is 1.62. The maximum Gasteiger partial charge on any atom is 0.243 e. The van der Waals surface area contributed by atoms with Crippen molar-refractivity contribution in [2.24, 2.45) is 0 Å². The largest absolute Gasteiger partial charge is 0.497 e. The van der Waals surface area contributed by atoms with E-state index in [0.29, 0.717) is 0 Å². The molecule has 0 saturated carbocycles. The number of nitrogens with zero attached hydrogens (tertiary/aromatic N) is 1.